The van der Waals surface area contributed by atoms with Crippen LogP contribution >= 0.6 is 28.4 Å². The van der Waals surface area contributed by atoms with Gasteiger partial charge in [-0.25, -0.2) is 4.45 Å². The molecule has 16 heavy (non-hydrogen) atoms. The first-order valence-corrected chi connectivity index (χ1v) is 8.41. The maximum Gasteiger partial charge on any atom is 0.299 e. The molecule has 0 amide bonds. The van der Waals surface area contributed by atoms with E-state index in [1.165, 1.54) is 0 Å². The lowest BCUT2D eigenvalue weighted by molar-refractivity contribution is 0.215. The van der Waals surface area contributed by atoms with Crippen molar-refractivity contribution in [3.05, 3.63) is 30.0 Å². The molecule has 2 aromatic rings. The Labute approximate surface area is 106 Å². The summed E-state index contributed by atoms with van der Waals surface area (Å²) in [6, 6.07) is 5.35. The van der Waals surface area contributed by atoms with Crippen molar-refractivity contribution in [2.75, 3.05) is 0 Å². The summed E-state index contributed by atoms with van der Waals surface area (Å²) < 4.78 is 25.7. The van der Waals surface area contributed by atoms with Crippen LogP contribution in [0.4, 0.5) is 8.78 Å². The highest BCUT2D eigenvalue weighted by Crippen LogP contribution is 2.28. The minimum Gasteiger partial charge on any atom is -0.237 e. The van der Waals surface area contributed by atoms with E-state index in [4.69, 9.17) is 0 Å². The number of alkyl halides is 2. The van der Waals surface area contributed by atoms with E-state index in [0.29, 0.717) is 11.9 Å². The van der Waals surface area contributed by atoms with Crippen molar-refractivity contribution in [1.29, 1.82) is 0 Å². The molecule has 0 N–H and O–H groups in total. The largest absolute Gasteiger partial charge is 0.299 e. The third-order valence-electron chi connectivity index (χ3n) is 1.97. The van der Waals surface area contributed by atoms with Crippen molar-refractivity contribution in [3.8, 4) is 11.8 Å². The molecule has 1 heterocycles. The molecular weight excluding hydrogens is 344 g/mol. The molecular formula is C10H6F2IN2P. The van der Waals surface area contributed by atoms with Gasteiger partial charge in [0.2, 0.25) is 0 Å². The molecule has 0 saturated heterocycles. The number of fused-ring (bicyclic) bond motifs is 1. The quantitative estimate of drug-likeness (QED) is 0.438. The Kier molecular flexibility index (Phi) is 3.72. The highest BCUT2D eigenvalue weighted by atomic mass is 127. The van der Waals surface area contributed by atoms with Crippen molar-refractivity contribution >= 4 is 39.3 Å². The third kappa shape index (κ3) is 2.50. The minimum atomic E-state index is -2.59. The summed E-state index contributed by atoms with van der Waals surface area (Å²) in [5.74, 6) is 4.26. The van der Waals surface area contributed by atoms with Crippen molar-refractivity contribution in [3.63, 3.8) is 0 Å². The van der Waals surface area contributed by atoms with Gasteiger partial charge in [0.25, 0.3) is 6.43 Å². The minimum absolute atomic E-state index is 0.522. The van der Waals surface area contributed by atoms with Gasteiger partial charge in [0.05, 0.1) is 18.1 Å². The average Bonchev–Trinajstić information content (AvgIpc) is 2.68. The molecule has 0 spiro atoms. The summed E-state index contributed by atoms with van der Waals surface area (Å²) in [6.07, 6.45) is -0.350. The first kappa shape index (κ1) is 11.7. The number of nitrogens with zero attached hydrogens (tertiary/aromatic N) is 2. The molecule has 0 aliphatic carbocycles. The maximum absolute atomic E-state index is 11.9. The van der Waals surface area contributed by atoms with E-state index in [9.17, 15) is 8.78 Å². The van der Waals surface area contributed by atoms with Crippen LogP contribution in [0.3, 0.4) is 0 Å². The summed E-state index contributed by atoms with van der Waals surface area (Å²) in [7, 11) is 0. The van der Waals surface area contributed by atoms with E-state index >= 15 is 0 Å². The lowest BCUT2D eigenvalue weighted by atomic mass is 10.2. The zero-order chi connectivity index (χ0) is 11.5. The molecule has 6 heteroatoms. The number of aromatic nitrogens is 2. The van der Waals surface area contributed by atoms with E-state index in [1.807, 2.05) is 16.4 Å². The lowest BCUT2D eigenvalue weighted by Crippen LogP contribution is -1.83. The highest BCUT2D eigenvalue weighted by molar-refractivity contribution is 14.2. The Hall–Kier alpha value is -0.730. The topological polar surface area (TPSA) is 17.8 Å². The number of halogens is 3. The van der Waals surface area contributed by atoms with Gasteiger partial charge in [-0.3, -0.25) is 0 Å². The van der Waals surface area contributed by atoms with Crippen LogP contribution in [0.25, 0.3) is 10.9 Å². The van der Waals surface area contributed by atoms with E-state index < -0.39 is 6.43 Å². The molecule has 2 rings (SSSR count). The van der Waals surface area contributed by atoms with E-state index in [2.05, 4.69) is 33.1 Å². The number of rotatable bonds is 1. The number of benzene rings is 1. The molecule has 2 nitrogen and oxygen atoms in total. The zero-order valence-electron chi connectivity index (χ0n) is 7.92. The standard InChI is InChI=1S/C10H6F2IN2P/c11-10(12)4-2-7-1-3-9-8(5-7)6-14-15(9)16-13/h1,3,5-6,10,16H. The molecule has 0 radical (unpaired) electrons. The first-order chi connectivity index (χ1) is 7.70. The molecule has 0 bridgehead atoms. The average molecular weight is 350 g/mol. The van der Waals surface area contributed by atoms with Crippen LogP contribution < -0.4 is 0 Å². The second kappa shape index (κ2) is 5.07. The van der Waals surface area contributed by atoms with Gasteiger partial charge < -0.3 is 0 Å². The molecule has 0 aliphatic rings. The summed E-state index contributed by atoms with van der Waals surface area (Å²) in [5.41, 5.74) is 1.58. The van der Waals surface area contributed by atoms with Crippen LogP contribution in [0.1, 0.15) is 5.56 Å². The molecule has 0 aliphatic heterocycles. The van der Waals surface area contributed by atoms with Gasteiger partial charge in [-0.1, -0.05) is 5.92 Å². The van der Waals surface area contributed by atoms with Crippen molar-refractivity contribution in [2.45, 2.75) is 6.43 Å². The fourth-order valence-corrected chi connectivity index (χ4v) is 2.87. The fourth-order valence-electron chi connectivity index (χ4n) is 1.32. The van der Waals surface area contributed by atoms with Crippen molar-refractivity contribution in [2.24, 2.45) is 0 Å². The molecule has 1 atom stereocenters. The summed E-state index contributed by atoms with van der Waals surface area (Å²) in [6.45, 7) is 0. The van der Waals surface area contributed by atoms with Gasteiger partial charge in [0.15, 0.2) is 0 Å². The molecule has 1 aromatic carbocycles. The summed E-state index contributed by atoms with van der Waals surface area (Å²) in [5, 5.41) is 5.10. The van der Waals surface area contributed by atoms with Crippen LogP contribution in [-0.2, 0) is 0 Å². The van der Waals surface area contributed by atoms with E-state index in [0.717, 1.165) is 10.9 Å². The van der Waals surface area contributed by atoms with Crippen molar-refractivity contribution in [1.82, 2.24) is 9.55 Å². The molecule has 82 valence electrons. The van der Waals surface area contributed by atoms with Gasteiger partial charge in [0, 0.05) is 10.9 Å². The van der Waals surface area contributed by atoms with Gasteiger partial charge in [0.1, 0.15) is 0 Å². The second-order valence-corrected chi connectivity index (χ2v) is 5.02. The Morgan fingerprint density at radius 1 is 1.44 bits per heavy atom. The summed E-state index contributed by atoms with van der Waals surface area (Å²) in [4.78, 5) is 0. The third-order valence-corrected chi connectivity index (χ3v) is 3.86. The number of hydrogen-bond donors (Lipinski definition) is 0. The highest BCUT2D eigenvalue weighted by Gasteiger charge is 2.01. The fraction of sp³-hybridized carbons (Fsp3) is 0.100. The normalized spacial score (nSPS) is 11.2. The van der Waals surface area contributed by atoms with E-state index in [1.54, 1.807) is 18.3 Å². The second-order valence-electron chi connectivity index (χ2n) is 2.98. The van der Waals surface area contributed by atoms with Gasteiger partial charge in [-0.05, 0) is 46.2 Å². The maximum atomic E-state index is 11.9. The molecule has 1 aromatic heterocycles. The van der Waals surface area contributed by atoms with Gasteiger partial charge in [-0.15, -0.1) is 0 Å². The van der Waals surface area contributed by atoms with Crippen LogP contribution in [0, 0.1) is 11.8 Å². The predicted octanol–water partition coefficient (Wildman–Crippen LogP) is 3.44. The first-order valence-electron chi connectivity index (χ1n) is 4.35. The van der Waals surface area contributed by atoms with Crippen molar-refractivity contribution < 1.29 is 8.78 Å². The smallest absolute Gasteiger partial charge is 0.237 e. The summed E-state index contributed by atoms with van der Waals surface area (Å²) >= 11 is 2.23. The number of hydrogen-bond acceptors (Lipinski definition) is 1. The van der Waals surface area contributed by atoms with Gasteiger partial charge >= 0.3 is 0 Å². The molecule has 1 unspecified atom stereocenters. The Morgan fingerprint density at radius 3 is 2.94 bits per heavy atom. The van der Waals surface area contributed by atoms with Crippen LogP contribution in [0.5, 0.6) is 0 Å². The van der Waals surface area contributed by atoms with Gasteiger partial charge in [-0.2, -0.15) is 13.9 Å². The van der Waals surface area contributed by atoms with Crippen LogP contribution in [-0.4, -0.2) is 16.0 Å². The monoisotopic (exact) mass is 350 g/mol. The Bertz CT molecular complexity index is 571. The van der Waals surface area contributed by atoms with E-state index in [-0.39, 0.29) is 0 Å². The Morgan fingerprint density at radius 2 is 2.25 bits per heavy atom. The molecule has 0 saturated carbocycles. The van der Waals surface area contributed by atoms with Crippen LogP contribution in [0.15, 0.2) is 24.4 Å². The lowest BCUT2D eigenvalue weighted by Gasteiger charge is -1.96. The Balaban J connectivity index is 2.43. The van der Waals surface area contributed by atoms with Crippen LogP contribution in [0.2, 0.25) is 0 Å². The molecule has 0 fully saturated rings. The SMILES string of the molecule is FC(F)C#Cc1ccc2c(cnn2PI)c1. The zero-order valence-corrected chi connectivity index (χ0v) is 11.1. The predicted molar refractivity (Wildman–Crippen MR) is 70.3 cm³/mol.